The van der Waals surface area contributed by atoms with Gasteiger partial charge in [0.1, 0.15) is 6.61 Å². The quantitative estimate of drug-likeness (QED) is 0.831. The second-order valence-corrected chi connectivity index (χ2v) is 7.00. The van der Waals surface area contributed by atoms with Gasteiger partial charge in [0.05, 0.1) is 5.75 Å². The molecule has 4 nitrogen and oxygen atoms in total. The molecule has 0 heterocycles. The van der Waals surface area contributed by atoms with Gasteiger partial charge in [-0.2, -0.15) is 0 Å². The van der Waals surface area contributed by atoms with E-state index in [9.17, 15) is 12.8 Å². The van der Waals surface area contributed by atoms with Gasteiger partial charge in [-0.05, 0) is 6.07 Å². The van der Waals surface area contributed by atoms with Crippen LogP contribution in [0.4, 0.5) is 4.39 Å². The maximum Gasteiger partial charge on any atom is 0.165 e. The normalized spacial score (nSPS) is 11.8. The maximum atomic E-state index is 13.7. The molecule has 0 spiro atoms. The molecule has 0 unspecified atom stereocenters. The van der Waals surface area contributed by atoms with E-state index in [0.29, 0.717) is 12.1 Å². The van der Waals surface area contributed by atoms with Crippen molar-refractivity contribution in [1.82, 2.24) is 5.32 Å². The molecule has 108 valence electrons. The molecule has 19 heavy (non-hydrogen) atoms. The van der Waals surface area contributed by atoms with Gasteiger partial charge in [-0.3, -0.25) is 0 Å². The number of rotatable bonds is 7. The molecule has 0 aliphatic carbocycles. The zero-order chi connectivity index (χ0) is 14.5. The van der Waals surface area contributed by atoms with Crippen LogP contribution in [0.1, 0.15) is 19.4 Å². The minimum Gasteiger partial charge on any atom is -0.489 e. The van der Waals surface area contributed by atoms with Gasteiger partial charge >= 0.3 is 0 Å². The van der Waals surface area contributed by atoms with Crippen LogP contribution in [0.25, 0.3) is 0 Å². The Hall–Kier alpha value is -1.14. The molecule has 0 aliphatic rings. The summed E-state index contributed by atoms with van der Waals surface area (Å²) in [5.74, 6) is -0.478. The van der Waals surface area contributed by atoms with Gasteiger partial charge in [0, 0.05) is 24.4 Å². The van der Waals surface area contributed by atoms with E-state index in [-0.39, 0.29) is 24.2 Å². The van der Waals surface area contributed by atoms with Crippen LogP contribution in [0.15, 0.2) is 18.2 Å². The van der Waals surface area contributed by atoms with E-state index >= 15 is 0 Å². The van der Waals surface area contributed by atoms with Crippen molar-refractivity contribution in [3.63, 3.8) is 0 Å². The highest BCUT2D eigenvalue weighted by Crippen LogP contribution is 2.22. The summed E-state index contributed by atoms with van der Waals surface area (Å²) < 4.78 is 41.0. The number of benzene rings is 1. The average Bonchev–Trinajstić information content (AvgIpc) is 2.27. The van der Waals surface area contributed by atoms with Crippen LogP contribution >= 0.6 is 0 Å². The fourth-order valence-corrected chi connectivity index (χ4v) is 1.85. The Labute approximate surface area is 113 Å². The number of hydrogen-bond acceptors (Lipinski definition) is 4. The smallest absolute Gasteiger partial charge is 0.165 e. The van der Waals surface area contributed by atoms with E-state index in [1.54, 1.807) is 12.1 Å². The van der Waals surface area contributed by atoms with Crippen LogP contribution in [-0.4, -0.2) is 33.1 Å². The van der Waals surface area contributed by atoms with Crippen molar-refractivity contribution in [2.45, 2.75) is 26.4 Å². The summed E-state index contributed by atoms with van der Waals surface area (Å²) in [5.41, 5.74) is 0.683. The summed E-state index contributed by atoms with van der Waals surface area (Å²) in [6, 6.07) is 4.94. The topological polar surface area (TPSA) is 55.4 Å². The van der Waals surface area contributed by atoms with Crippen LogP contribution in [0.5, 0.6) is 5.75 Å². The van der Waals surface area contributed by atoms with Gasteiger partial charge in [-0.15, -0.1) is 0 Å². The van der Waals surface area contributed by atoms with Crippen LogP contribution < -0.4 is 10.1 Å². The molecule has 1 aromatic carbocycles. The van der Waals surface area contributed by atoms with E-state index in [2.05, 4.69) is 5.32 Å². The van der Waals surface area contributed by atoms with Crippen molar-refractivity contribution in [3.8, 4) is 5.75 Å². The van der Waals surface area contributed by atoms with E-state index in [4.69, 9.17) is 4.74 Å². The second kappa shape index (κ2) is 6.86. The zero-order valence-corrected chi connectivity index (χ0v) is 12.3. The highest BCUT2D eigenvalue weighted by atomic mass is 32.2. The van der Waals surface area contributed by atoms with E-state index in [1.807, 2.05) is 13.8 Å². The minimum absolute atomic E-state index is 0.0472. The van der Waals surface area contributed by atoms with Crippen molar-refractivity contribution < 1.29 is 17.5 Å². The number of ether oxygens (including phenoxy) is 1. The molecule has 0 fully saturated rings. The minimum atomic E-state index is -3.11. The Morgan fingerprint density at radius 2 is 2.05 bits per heavy atom. The summed E-state index contributed by atoms with van der Waals surface area (Å²) in [6.07, 6.45) is 1.12. The van der Waals surface area contributed by atoms with Gasteiger partial charge < -0.3 is 10.1 Å². The molecule has 0 aromatic heterocycles. The largest absolute Gasteiger partial charge is 0.489 e. The molecule has 1 aromatic rings. The lowest BCUT2D eigenvalue weighted by Crippen LogP contribution is -2.22. The van der Waals surface area contributed by atoms with Crippen molar-refractivity contribution in [1.29, 1.82) is 0 Å². The van der Waals surface area contributed by atoms with Gasteiger partial charge in [-0.1, -0.05) is 26.0 Å². The van der Waals surface area contributed by atoms with Crippen molar-refractivity contribution in [2.75, 3.05) is 18.6 Å². The van der Waals surface area contributed by atoms with Crippen molar-refractivity contribution in [2.24, 2.45) is 0 Å². The molecule has 1 N–H and O–H groups in total. The lowest BCUT2D eigenvalue weighted by molar-refractivity contribution is 0.317. The van der Waals surface area contributed by atoms with E-state index in [0.717, 1.165) is 6.26 Å². The Bertz CT molecular complexity index is 515. The van der Waals surface area contributed by atoms with Crippen LogP contribution in [0.2, 0.25) is 0 Å². The van der Waals surface area contributed by atoms with Crippen molar-refractivity contribution >= 4 is 9.84 Å². The Balaban J connectivity index is 2.74. The SMILES string of the molecule is CC(C)NCc1cccc(F)c1OCCS(C)(=O)=O. The molecule has 0 bridgehead atoms. The molecule has 0 atom stereocenters. The molecule has 1 rings (SSSR count). The summed E-state index contributed by atoms with van der Waals surface area (Å²) in [5, 5.41) is 3.17. The third-order valence-electron chi connectivity index (χ3n) is 2.45. The lowest BCUT2D eigenvalue weighted by atomic mass is 10.2. The van der Waals surface area contributed by atoms with E-state index in [1.165, 1.54) is 6.07 Å². The first-order valence-electron chi connectivity index (χ1n) is 6.11. The first-order chi connectivity index (χ1) is 8.79. The summed E-state index contributed by atoms with van der Waals surface area (Å²) in [6.45, 7) is 4.41. The predicted molar refractivity (Wildman–Crippen MR) is 73.6 cm³/mol. The molecule has 0 saturated heterocycles. The van der Waals surface area contributed by atoms with Gasteiger partial charge in [0.25, 0.3) is 0 Å². The zero-order valence-electron chi connectivity index (χ0n) is 11.4. The Kier molecular flexibility index (Phi) is 5.75. The molecule has 0 aliphatic heterocycles. The van der Waals surface area contributed by atoms with E-state index < -0.39 is 15.7 Å². The Morgan fingerprint density at radius 3 is 2.63 bits per heavy atom. The number of para-hydroxylation sites is 1. The number of halogens is 1. The van der Waals surface area contributed by atoms with Crippen LogP contribution in [0.3, 0.4) is 0 Å². The molecule has 0 saturated carbocycles. The summed E-state index contributed by atoms with van der Waals surface area (Å²) in [4.78, 5) is 0. The number of sulfone groups is 1. The molecule has 6 heteroatoms. The maximum absolute atomic E-state index is 13.7. The van der Waals surface area contributed by atoms with Crippen LogP contribution in [-0.2, 0) is 16.4 Å². The lowest BCUT2D eigenvalue weighted by Gasteiger charge is -2.14. The van der Waals surface area contributed by atoms with Gasteiger partial charge in [-0.25, -0.2) is 12.8 Å². The molecule has 0 amide bonds. The first kappa shape index (κ1) is 15.9. The third kappa shape index (κ3) is 6.02. The van der Waals surface area contributed by atoms with Crippen molar-refractivity contribution in [3.05, 3.63) is 29.6 Å². The van der Waals surface area contributed by atoms with Crippen LogP contribution in [0, 0.1) is 5.82 Å². The molecular formula is C13H20FNO3S. The average molecular weight is 289 g/mol. The monoisotopic (exact) mass is 289 g/mol. The summed E-state index contributed by atoms with van der Waals surface area (Å²) in [7, 11) is -3.11. The number of hydrogen-bond donors (Lipinski definition) is 1. The number of nitrogens with one attached hydrogen (secondary N) is 1. The highest BCUT2D eigenvalue weighted by molar-refractivity contribution is 7.90. The predicted octanol–water partition coefficient (Wildman–Crippen LogP) is 1.75. The third-order valence-corrected chi connectivity index (χ3v) is 3.36. The molecular weight excluding hydrogens is 269 g/mol. The second-order valence-electron chi connectivity index (χ2n) is 4.74. The van der Waals surface area contributed by atoms with Gasteiger partial charge in [0.2, 0.25) is 0 Å². The molecule has 0 radical (unpaired) electrons. The standard InChI is InChI=1S/C13H20FNO3S/c1-10(2)15-9-11-5-4-6-12(14)13(11)18-7-8-19(3,16)17/h4-6,10,15H,7-9H2,1-3H3. The summed E-state index contributed by atoms with van der Waals surface area (Å²) >= 11 is 0. The van der Waals surface area contributed by atoms with Gasteiger partial charge in [0.15, 0.2) is 21.4 Å². The fourth-order valence-electron chi connectivity index (χ4n) is 1.46. The fraction of sp³-hybridized carbons (Fsp3) is 0.538. The highest BCUT2D eigenvalue weighted by Gasteiger charge is 2.11. The first-order valence-corrected chi connectivity index (χ1v) is 8.17. The Morgan fingerprint density at radius 1 is 1.37 bits per heavy atom.